The van der Waals surface area contributed by atoms with E-state index in [1.807, 2.05) is 16.9 Å². The van der Waals surface area contributed by atoms with Gasteiger partial charge in [0.05, 0.1) is 29.4 Å². The number of nitriles is 1. The molecule has 0 N–H and O–H groups in total. The smallest absolute Gasteiger partial charge is 0.425 e. The molecular weight excluding hydrogens is 409 g/mol. The zero-order valence-electron chi connectivity index (χ0n) is 17.2. The van der Waals surface area contributed by atoms with Crippen molar-refractivity contribution in [3.05, 3.63) is 46.8 Å². The van der Waals surface area contributed by atoms with E-state index in [2.05, 4.69) is 5.10 Å². The number of halogens is 3. The van der Waals surface area contributed by atoms with E-state index in [1.165, 1.54) is 48.8 Å². The minimum absolute atomic E-state index is 0.0564. The number of hydrogen-bond acceptors (Lipinski definition) is 4. The van der Waals surface area contributed by atoms with Crippen LogP contribution in [0.4, 0.5) is 13.2 Å². The van der Waals surface area contributed by atoms with Gasteiger partial charge in [0.2, 0.25) is 0 Å². The average molecular weight is 432 g/mol. The molecule has 1 atom stereocenters. The van der Waals surface area contributed by atoms with Crippen LogP contribution in [0.15, 0.2) is 24.4 Å². The van der Waals surface area contributed by atoms with Gasteiger partial charge < -0.3 is 9.64 Å². The molecule has 4 rings (SSSR count). The van der Waals surface area contributed by atoms with E-state index in [1.54, 1.807) is 0 Å². The molecule has 164 valence electrons. The van der Waals surface area contributed by atoms with Gasteiger partial charge in [-0.05, 0) is 43.9 Å². The van der Waals surface area contributed by atoms with E-state index >= 15 is 0 Å². The van der Waals surface area contributed by atoms with Crippen molar-refractivity contribution in [2.45, 2.75) is 64.5 Å². The molecule has 2 heterocycles. The van der Waals surface area contributed by atoms with Crippen molar-refractivity contribution < 1.29 is 22.7 Å². The zero-order valence-corrected chi connectivity index (χ0v) is 17.2. The predicted molar refractivity (Wildman–Crippen MR) is 105 cm³/mol. The zero-order chi connectivity index (χ0) is 22.2. The Bertz CT molecular complexity index is 995. The third-order valence-electron chi connectivity index (χ3n) is 5.94. The lowest BCUT2D eigenvalue weighted by molar-refractivity contribution is -0.189. The number of benzene rings is 1. The fourth-order valence-electron chi connectivity index (χ4n) is 4.20. The Morgan fingerprint density at radius 1 is 1.32 bits per heavy atom. The van der Waals surface area contributed by atoms with Gasteiger partial charge in [-0.2, -0.15) is 23.5 Å². The predicted octanol–water partition coefficient (Wildman–Crippen LogP) is 4.43. The highest BCUT2D eigenvalue weighted by atomic mass is 19.4. The van der Waals surface area contributed by atoms with Gasteiger partial charge in [-0.3, -0.25) is 9.48 Å². The number of aromatic nitrogens is 2. The number of amides is 1. The first-order valence-electron chi connectivity index (χ1n) is 10.4. The molecule has 1 saturated carbocycles. The lowest BCUT2D eigenvalue weighted by Gasteiger charge is -2.22. The largest absolute Gasteiger partial charge is 0.480 e. The third-order valence-corrected chi connectivity index (χ3v) is 5.94. The summed E-state index contributed by atoms with van der Waals surface area (Å²) in [6.45, 7) is 2.35. The van der Waals surface area contributed by atoms with Crippen molar-refractivity contribution in [1.29, 1.82) is 5.26 Å². The second-order valence-corrected chi connectivity index (χ2v) is 8.26. The first kappa shape index (κ1) is 21.2. The molecule has 1 fully saturated rings. The molecule has 6 nitrogen and oxygen atoms in total. The number of hydrogen-bond donors (Lipinski definition) is 0. The van der Waals surface area contributed by atoms with E-state index in [4.69, 9.17) is 10.00 Å². The molecule has 0 spiro atoms. The van der Waals surface area contributed by atoms with E-state index in [0.29, 0.717) is 12.5 Å². The summed E-state index contributed by atoms with van der Waals surface area (Å²) in [6.07, 6.45) is 0.241. The summed E-state index contributed by atoms with van der Waals surface area (Å²) in [7, 11) is 0. The van der Waals surface area contributed by atoms with Crippen LogP contribution in [0, 0.1) is 17.2 Å². The minimum Gasteiger partial charge on any atom is -0.480 e. The van der Waals surface area contributed by atoms with Crippen molar-refractivity contribution in [2.75, 3.05) is 0 Å². The monoisotopic (exact) mass is 432 g/mol. The molecule has 0 unspecified atom stereocenters. The first-order valence-corrected chi connectivity index (χ1v) is 10.4. The van der Waals surface area contributed by atoms with Crippen LogP contribution >= 0.6 is 0 Å². The molecule has 31 heavy (non-hydrogen) atoms. The standard InChI is InChI=1S/C22H23F3N4O2/c1-14(22(23,24)25)31-20-7-6-16(9-26)8-18(20)21(30)28-11-17-12-29(27-19(17)13-28)10-15-4-2-3-5-15/h6-8,12,14-15H,2-5,10-11,13H2,1H3/t14-/m0/s1. The first-order chi connectivity index (χ1) is 14.7. The summed E-state index contributed by atoms with van der Waals surface area (Å²) < 4.78 is 45.8. The Morgan fingerprint density at radius 3 is 2.71 bits per heavy atom. The summed E-state index contributed by atoms with van der Waals surface area (Å²) in [5.74, 6) is -0.0340. The van der Waals surface area contributed by atoms with Crippen molar-refractivity contribution in [3.8, 4) is 11.8 Å². The molecule has 1 aliphatic heterocycles. The fraction of sp³-hybridized carbons (Fsp3) is 0.500. The molecule has 2 aromatic rings. The van der Waals surface area contributed by atoms with Gasteiger partial charge in [-0.1, -0.05) is 12.8 Å². The Kier molecular flexibility index (Phi) is 5.65. The van der Waals surface area contributed by atoms with Crippen LogP contribution in [0.1, 0.15) is 59.8 Å². The highest BCUT2D eigenvalue weighted by Gasteiger charge is 2.39. The summed E-state index contributed by atoms with van der Waals surface area (Å²) in [6, 6.07) is 5.76. The van der Waals surface area contributed by atoms with Crippen LogP contribution in [-0.4, -0.2) is 32.9 Å². The molecule has 1 amide bonds. The number of alkyl halides is 3. The van der Waals surface area contributed by atoms with Crippen LogP contribution in [0.2, 0.25) is 0 Å². The molecule has 1 aromatic carbocycles. The third kappa shape index (κ3) is 4.53. The highest BCUT2D eigenvalue weighted by Crippen LogP contribution is 2.32. The molecule has 0 bridgehead atoms. The molecule has 9 heteroatoms. The van der Waals surface area contributed by atoms with Gasteiger partial charge in [0.1, 0.15) is 5.75 Å². The van der Waals surface area contributed by atoms with Crippen LogP contribution in [0.25, 0.3) is 0 Å². The van der Waals surface area contributed by atoms with Gasteiger partial charge in [0.15, 0.2) is 6.10 Å². The van der Waals surface area contributed by atoms with Crippen LogP contribution < -0.4 is 4.74 Å². The number of fused-ring (bicyclic) bond motifs is 1. The van der Waals surface area contributed by atoms with E-state index in [9.17, 15) is 18.0 Å². The van der Waals surface area contributed by atoms with E-state index in [-0.39, 0.29) is 23.4 Å². The van der Waals surface area contributed by atoms with Crippen molar-refractivity contribution >= 4 is 5.91 Å². The maximum atomic E-state index is 13.1. The summed E-state index contributed by atoms with van der Waals surface area (Å²) in [5.41, 5.74) is 1.86. The van der Waals surface area contributed by atoms with Gasteiger partial charge in [0.25, 0.3) is 5.91 Å². The summed E-state index contributed by atoms with van der Waals surface area (Å²) >= 11 is 0. The van der Waals surface area contributed by atoms with Gasteiger partial charge in [-0.25, -0.2) is 0 Å². The topological polar surface area (TPSA) is 71.2 Å². The maximum absolute atomic E-state index is 13.1. The van der Waals surface area contributed by atoms with Crippen LogP contribution in [0.5, 0.6) is 5.75 Å². The normalized spacial score (nSPS) is 17.5. The molecule has 1 aliphatic carbocycles. The van der Waals surface area contributed by atoms with Crippen LogP contribution in [0.3, 0.4) is 0 Å². The lowest BCUT2D eigenvalue weighted by Crippen LogP contribution is -2.32. The average Bonchev–Trinajstić information content (AvgIpc) is 3.44. The summed E-state index contributed by atoms with van der Waals surface area (Å²) in [4.78, 5) is 14.6. The van der Waals surface area contributed by atoms with Crippen molar-refractivity contribution in [1.82, 2.24) is 14.7 Å². The number of carbonyl (C=O) groups is 1. The Labute approximate surface area is 178 Å². The molecular formula is C22H23F3N4O2. The van der Waals surface area contributed by atoms with Crippen molar-refractivity contribution in [2.24, 2.45) is 5.92 Å². The van der Waals surface area contributed by atoms with Crippen molar-refractivity contribution in [3.63, 3.8) is 0 Å². The van der Waals surface area contributed by atoms with Gasteiger partial charge >= 0.3 is 6.18 Å². The minimum atomic E-state index is -4.57. The van der Waals surface area contributed by atoms with E-state index in [0.717, 1.165) is 24.7 Å². The quantitative estimate of drug-likeness (QED) is 0.701. The number of carbonyl (C=O) groups excluding carboxylic acids is 1. The Balaban J connectivity index is 1.50. The van der Waals surface area contributed by atoms with Gasteiger partial charge in [-0.15, -0.1) is 0 Å². The van der Waals surface area contributed by atoms with Crippen LogP contribution in [-0.2, 0) is 19.6 Å². The molecule has 0 radical (unpaired) electrons. The second-order valence-electron chi connectivity index (χ2n) is 8.26. The Hall–Kier alpha value is -3.02. The number of ether oxygens (including phenoxy) is 1. The molecule has 2 aliphatic rings. The Morgan fingerprint density at radius 2 is 2.06 bits per heavy atom. The van der Waals surface area contributed by atoms with E-state index < -0.39 is 18.2 Å². The van der Waals surface area contributed by atoms with Gasteiger partial charge in [0, 0.05) is 24.8 Å². The highest BCUT2D eigenvalue weighted by molar-refractivity contribution is 5.97. The number of rotatable bonds is 5. The fourth-order valence-corrected chi connectivity index (χ4v) is 4.20. The molecule has 0 saturated heterocycles. The lowest BCUT2D eigenvalue weighted by atomic mass is 10.1. The number of nitrogens with zero attached hydrogens (tertiary/aromatic N) is 4. The summed E-state index contributed by atoms with van der Waals surface area (Å²) in [5, 5.41) is 13.8. The second kappa shape index (κ2) is 8.25. The SMILES string of the molecule is C[C@H](Oc1ccc(C#N)cc1C(=O)N1Cc2cn(CC3CCCC3)nc2C1)C(F)(F)F. The maximum Gasteiger partial charge on any atom is 0.425 e. The molecule has 1 aromatic heterocycles.